The summed E-state index contributed by atoms with van der Waals surface area (Å²) in [4.78, 5) is 15.8. The van der Waals surface area contributed by atoms with Crippen molar-refractivity contribution in [3.63, 3.8) is 0 Å². The van der Waals surface area contributed by atoms with E-state index < -0.39 is 23.5 Å². The fourth-order valence-corrected chi connectivity index (χ4v) is 2.32. The summed E-state index contributed by atoms with van der Waals surface area (Å²) < 4.78 is 38.9. The predicted octanol–water partition coefficient (Wildman–Crippen LogP) is 3.63. The van der Waals surface area contributed by atoms with Crippen molar-refractivity contribution in [1.82, 2.24) is 25.0 Å². The van der Waals surface area contributed by atoms with Crippen LogP contribution >= 0.6 is 23.2 Å². The normalized spacial score (nSPS) is 11.6. The molecule has 3 aromatic rings. The molecule has 0 aliphatic carbocycles. The number of hydrogen-bond donors (Lipinski definition) is 2. The van der Waals surface area contributed by atoms with E-state index in [-0.39, 0.29) is 5.95 Å². The zero-order valence-electron chi connectivity index (χ0n) is 12.7. The first-order valence-electron chi connectivity index (χ1n) is 7.00. The third-order valence-electron chi connectivity index (χ3n) is 3.21. The Morgan fingerprint density at radius 1 is 1.23 bits per heavy atom. The standard InChI is InChI=1S/C14H9Cl2F3N6O/c15-8-2-1-7(3-9(8)16)5-25-6-20-13(24-25)21-12(26)10-4-11(23-22-10)14(17,18)19/h1-4,6H,5H2,(H,22,23)(H,21,24,26). The summed E-state index contributed by atoms with van der Waals surface area (Å²) in [6.45, 7) is 0.306. The lowest BCUT2D eigenvalue weighted by atomic mass is 10.2. The first-order chi connectivity index (χ1) is 12.2. The Morgan fingerprint density at radius 3 is 2.65 bits per heavy atom. The van der Waals surface area contributed by atoms with Crippen LogP contribution in [0.4, 0.5) is 19.1 Å². The Kier molecular flexibility index (Phi) is 4.88. The summed E-state index contributed by atoms with van der Waals surface area (Å²) in [6.07, 6.45) is -3.27. The molecule has 0 aliphatic rings. The highest BCUT2D eigenvalue weighted by Crippen LogP contribution is 2.27. The number of anilines is 1. The maximum absolute atomic E-state index is 12.5. The number of nitrogens with one attached hydrogen (secondary N) is 2. The van der Waals surface area contributed by atoms with Crippen LogP contribution in [0.5, 0.6) is 0 Å². The number of nitrogens with zero attached hydrogens (tertiary/aromatic N) is 4. The van der Waals surface area contributed by atoms with Crippen LogP contribution in [0.25, 0.3) is 0 Å². The van der Waals surface area contributed by atoms with Gasteiger partial charge in [-0.3, -0.25) is 15.2 Å². The molecule has 136 valence electrons. The van der Waals surface area contributed by atoms with Crippen LogP contribution in [0, 0.1) is 0 Å². The second-order valence-corrected chi connectivity index (χ2v) is 5.95. The van der Waals surface area contributed by atoms with Crippen molar-refractivity contribution in [2.45, 2.75) is 12.7 Å². The van der Waals surface area contributed by atoms with Gasteiger partial charge in [-0.25, -0.2) is 9.67 Å². The van der Waals surface area contributed by atoms with Gasteiger partial charge in [0.1, 0.15) is 12.0 Å². The van der Waals surface area contributed by atoms with Gasteiger partial charge in [0.2, 0.25) is 5.95 Å². The molecule has 1 aromatic carbocycles. The van der Waals surface area contributed by atoms with E-state index in [2.05, 4.69) is 20.5 Å². The Morgan fingerprint density at radius 2 is 2.00 bits per heavy atom. The summed E-state index contributed by atoms with van der Waals surface area (Å²) in [7, 11) is 0. The molecule has 0 unspecified atom stereocenters. The first kappa shape index (κ1) is 18.2. The smallest absolute Gasteiger partial charge is 0.288 e. The quantitative estimate of drug-likeness (QED) is 0.694. The van der Waals surface area contributed by atoms with Crippen LogP contribution in [0.3, 0.4) is 0 Å². The van der Waals surface area contributed by atoms with E-state index in [9.17, 15) is 18.0 Å². The van der Waals surface area contributed by atoms with Crippen LogP contribution < -0.4 is 5.32 Å². The first-order valence-corrected chi connectivity index (χ1v) is 7.75. The van der Waals surface area contributed by atoms with Gasteiger partial charge in [-0.1, -0.05) is 29.3 Å². The van der Waals surface area contributed by atoms with Crippen molar-refractivity contribution in [1.29, 1.82) is 0 Å². The van der Waals surface area contributed by atoms with Gasteiger partial charge in [0, 0.05) is 6.07 Å². The minimum Gasteiger partial charge on any atom is -0.288 e. The van der Waals surface area contributed by atoms with Gasteiger partial charge in [0.15, 0.2) is 5.69 Å². The van der Waals surface area contributed by atoms with E-state index in [0.29, 0.717) is 22.7 Å². The number of rotatable bonds is 4. The summed E-state index contributed by atoms with van der Waals surface area (Å²) in [5, 5.41) is 12.2. The van der Waals surface area contributed by atoms with Crippen LogP contribution in [-0.4, -0.2) is 30.9 Å². The molecule has 26 heavy (non-hydrogen) atoms. The zero-order chi connectivity index (χ0) is 18.9. The summed E-state index contributed by atoms with van der Waals surface area (Å²) in [6, 6.07) is 5.64. The van der Waals surface area contributed by atoms with E-state index in [1.54, 1.807) is 23.3 Å². The van der Waals surface area contributed by atoms with Crippen molar-refractivity contribution < 1.29 is 18.0 Å². The maximum atomic E-state index is 12.5. The third-order valence-corrected chi connectivity index (χ3v) is 3.95. The molecule has 0 saturated carbocycles. The van der Waals surface area contributed by atoms with Gasteiger partial charge in [-0.15, -0.1) is 5.10 Å². The lowest BCUT2D eigenvalue weighted by Crippen LogP contribution is -2.14. The van der Waals surface area contributed by atoms with E-state index in [1.807, 2.05) is 0 Å². The topological polar surface area (TPSA) is 88.5 Å². The molecule has 0 aliphatic heterocycles. The predicted molar refractivity (Wildman–Crippen MR) is 87.1 cm³/mol. The number of hydrogen-bond acceptors (Lipinski definition) is 4. The molecule has 7 nitrogen and oxygen atoms in total. The number of amides is 1. The van der Waals surface area contributed by atoms with Gasteiger partial charge in [0.25, 0.3) is 5.91 Å². The van der Waals surface area contributed by atoms with Crippen molar-refractivity contribution in [3.8, 4) is 0 Å². The van der Waals surface area contributed by atoms with E-state index >= 15 is 0 Å². The number of halogens is 5. The second-order valence-electron chi connectivity index (χ2n) is 5.13. The summed E-state index contributed by atoms with van der Waals surface area (Å²) >= 11 is 11.8. The van der Waals surface area contributed by atoms with Gasteiger partial charge in [-0.2, -0.15) is 18.3 Å². The van der Waals surface area contributed by atoms with Crippen LogP contribution in [0.1, 0.15) is 21.7 Å². The zero-order valence-corrected chi connectivity index (χ0v) is 14.2. The summed E-state index contributed by atoms with van der Waals surface area (Å²) in [5.41, 5.74) is -0.761. The minimum atomic E-state index is -4.62. The number of alkyl halides is 3. The molecule has 2 N–H and O–H groups in total. The fourth-order valence-electron chi connectivity index (χ4n) is 2.00. The molecule has 0 fully saturated rings. The maximum Gasteiger partial charge on any atom is 0.432 e. The van der Waals surface area contributed by atoms with Crippen molar-refractivity contribution >= 4 is 35.1 Å². The number of aromatic nitrogens is 5. The minimum absolute atomic E-state index is 0.0772. The van der Waals surface area contributed by atoms with Crippen LogP contribution in [-0.2, 0) is 12.7 Å². The van der Waals surface area contributed by atoms with E-state index in [0.717, 1.165) is 5.56 Å². The van der Waals surface area contributed by atoms with Gasteiger partial charge < -0.3 is 0 Å². The number of carbonyl (C=O) groups excluding carboxylic acids is 1. The molecular weight excluding hydrogens is 396 g/mol. The van der Waals surface area contributed by atoms with Gasteiger partial charge in [-0.05, 0) is 17.7 Å². The highest BCUT2D eigenvalue weighted by Gasteiger charge is 2.33. The molecule has 12 heteroatoms. The SMILES string of the molecule is O=C(Nc1ncn(Cc2ccc(Cl)c(Cl)c2)n1)c1cc(C(F)(F)F)[nH]n1. The fraction of sp³-hybridized carbons (Fsp3) is 0.143. The van der Waals surface area contributed by atoms with Crippen molar-refractivity contribution in [2.75, 3.05) is 5.32 Å². The van der Waals surface area contributed by atoms with E-state index in [1.165, 1.54) is 11.0 Å². The number of H-pyrrole nitrogens is 1. The molecule has 0 bridgehead atoms. The van der Waals surface area contributed by atoms with Crippen LogP contribution in [0.2, 0.25) is 10.0 Å². The Balaban J connectivity index is 1.67. The molecule has 0 radical (unpaired) electrons. The lowest BCUT2D eigenvalue weighted by Gasteiger charge is -2.03. The van der Waals surface area contributed by atoms with Crippen molar-refractivity contribution in [2.24, 2.45) is 0 Å². The molecule has 3 rings (SSSR count). The molecule has 2 heterocycles. The molecule has 0 saturated heterocycles. The number of aromatic amines is 1. The number of carbonyl (C=O) groups is 1. The second kappa shape index (κ2) is 6.96. The lowest BCUT2D eigenvalue weighted by molar-refractivity contribution is -0.141. The average Bonchev–Trinajstić information content (AvgIpc) is 3.20. The van der Waals surface area contributed by atoms with Crippen LogP contribution in [0.15, 0.2) is 30.6 Å². The molecule has 1 amide bonds. The van der Waals surface area contributed by atoms with E-state index in [4.69, 9.17) is 23.2 Å². The third kappa shape index (κ3) is 4.14. The Labute approximate surface area is 154 Å². The highest BCUT2D eigenvalue weighted by molar-refractivity contribution is 6.42. The Hall–Kier alpha value is -2.59. The van der Waals surface area contributed by atoms with Gasteiger partial charge >= 0.3 is 6.18 Å². The van der Waals surface area contributed by atoms with Crippen molar-refractivity contribution in [3.05, 3.63) is 57.6 Å². The Bertz CT molecular complexity index is 952. The highest BCUT2D eigenvalue weighted by atomic mass is 35.5. The number of benzene rings is 1. The molecular formula is C14H9Cl2F3N6O. The molecule has 0 atom stereocenters. The average molecular weight is 405 g/mol. The molecule has 0 spiro atoms. The largest absolute Gasteiger partial charge is 0.432 e. The summed E-state index contributed by atoms with van der Waals surface area (Å²) in [5.74, 6) is -0.948. The monoisotopic (exact) mass is 404 g/mol. The van der Waals surface area contributed by atoms with Gasteiger partial charge in [0.05, 0.1) is 16.6 Å². The molecule has 2 aromatic heterocycles.